The number of nitrogens with zero attached hydrogens (tertiary/aromatic N) is 2. The lowest BCUT2D eigenvalue weighted by Crippen LogP contribution is -2.13. The maximum Gasteiger partial charge on any atom is 0.451 e. The van der Waals surface area contributed by atoms with Crippen molar-refractivity contribution in [3.8, 4) is 5.88 Å². The van der Waals surface area contributed by atoms with Crippen molar-refractivity contribution in [2.45, 2.75) is 25.4 Å². The fraction of sp³-hybridized carbons (Fsp3) is 0.600. The Labute approximate surface area is 102 Å². The lowest BCUT2D eigenvalue weighted by Gasteiger charge is -2.09. The van der Waals surface area contributed by atoms with E-state index in [1.165, 1.54) is 0 Å². The van der Waals surface area contributed by atoms with Crippen molar-refractivity contribution in [3.05, 3.63) is 11.9 Å². The molecule has 5 nitrogen and oxygen atoms in total. The van der Waals surface area contributed by atoms with Crippen molar-refractivity contribution in [2.75, 3.05) is 18.9 Å². The highest BCUT2D eigenvalue weighted by atomic mass is 19.4. The average Bonchev–Trinajstić information content (AvgIpc) is 2.27. The van der Waals surface area contributed by atoms with Gasteiger partial charge in [0.25, 0.3) is 0 Å². The summed E-state index contributed by atoms with van der Waals surface area (Å²) in [5.41, 5.74) is 5.24. The summed E-state index contributed by atoms with van der Waals surface area (Å²) in [6, 6.07) is 1.14. The summed E-state index contributed by atoms with van der Waals surface area (Å²) in [5.74, 6) is -1.80. The Morgan fingerprint density at radius 3 is 2.56 bits per heavy atom. The van der Waals surface area contributed by atoms with Crippen LogP contribution in [0.3, 0.4) is 0 Å². The number of halogens is 3. The highest BCUT2D eigenvalue weighted by molar-refractivity contribution is 5.33. The molecule has 102 valence electrons. The van der Waals surface area contributed by atoms with Crippen molar-refractivity contribution >= 4 is 5.82 Å². The van der Waals surface area contributed by atoms with Gasteiger partial charge in [-0.1, -0.05) is 0 Å². The summed E-state index contributed by atoms with van der Waals surface area (Å²) < 4.78 is 42.2. The third-order valence-electron chi connectivity index (χ3n) is 2.03. The average molecular weight is 265 g/mol. The van der Waals surface area contributed by atoms with Gasteiger partial charge in [-0.05, 0) is 19.3 Å². The number of nitrogen functional groups attached to an aromatic ring is 1. The predicted molar refractivity (Wildman–Crippen MR) is 57.9 cm³/mol. The summed E-state index contributed by atoms with van der Waals surface area (Å²) in [5, 5.41) is 8.54. The molecule has 0 atom stereocenters. The Morgan fingerprint density at radius 2 is 1.94 bits per heavy atom. The minimum absolute atomic E-state index is 0.0820. The molecule has 3 N–H and O–H groups in total. The molecular weight excluding hydrogens is 251 g/mol. The van der Waals surface area contributed by atoms with Crippen molar-refractivity contribution in [1.29, 1.82) is 0 Å². The number of aliphatic hydroxyl groups is 1. The highest BCUT2D eigenvalue weighted by Crippen LogP contribution is 2.28. The molecule has 1 aromatic rings. The van der Waals surface area contributed by atoms with Gasteiger partial charge in [-0.15, -0.1) is 0 Å². The van der Waals surface area contributed by atoms with Gasteiger partial charge in [0, 0.05) is 12.7 Å². The molecule has 0 amide bonds. The van der Waals surface area contributed by atoms with Crippen LogP contribution in [0.15, 0.2) is 6.07 Å². The Balaban J connectivity index is 2.58. The van der Waals surface area contributed by atoms with Crippen LogP contribution in [0, 0.1) is 0 Å². The number of aliphatic hydroxyl groups excluding tert-OH is 1. The number of aromatic nitrogens is 2. The molecule has 1 heterocycles. The van der Waals surface area contributed by atoms with Crippen LogP contribution in [0.4, 0.5) is 19.0 Å². The third-order valence-corrected chi connectivity index (χ3v) is 2.03. The molecule has 0 aromatic carbocycles. The highest BCUT2D eigenvalue weighted by Gasteiger charge is 2.35. The number of anilines is 1. The fourth-order valence-electron chi connectivity index (χ4n) is 1.21. The summed E-state index contributed by atoms with van der Waals surface area (Å²) >= 11 is 0. The second-order valence-corrected chi connectivity index (χ2v) is 3.59. The minimum Gasteiger partial charge on any atom is -0.478 e. The van der Waals surface area contributed by atoms with E-state index in [1.807, 2.05) is 0 Å². The van der Waals surface area contributed by atoms with Crippen LogP contribution in [-0.2, 0) is 6.18 Å². The van der Waals surface area contributed by atoms with Crippen LogP contribution in [0.1, 0.15) is 25.1 Å². The van der Waals surface area contributed by atoms with E-state index < -0.39 is 12.0 Å². The Kier molecular flexibility index (Phi) is 5.14. The van der Waals surface area contributed by atoms with E-state index in [2.05, 4.69) is 9.97 Å². The van der Waals surface area contributed by atoms with Gasteiger partial charge in [0.15, 0.2) is 0 Å². The topological polar surface area (TPSA) is 81.3 Å². The maximum atomic E-state index is 12.4. The van der Waals surface area contributed by atoms with Crippen LogP contribution in [0.25, 0.3) is 0 Å². The first-order valence-electron chi connectivity index (χ1n) is 5.39. The molecule has 0 saturated carbocycles. The largest absolute Gasteiger partial charge is 0.478 e. The van der Waals surface area contributed by atoms with Gasteiger partial charge in [-0.25, -0.2) is 4.98 Å². The zero-order valence-electron chi connectivity index (χ0n) is 9.57. The van der Waals surface area contributed by atoms with Crippen LogP contribution in [0.5, 0.6) is 5.88 Å². The van der Waals surface area contributed by atoms with E-state index >= 15 is 0 Å². The zero-order valence-corrected chi connectivity index (χ0v) is 9.57. The maximum absolute atomic E-state index is 12.4. The molecule has 1 rings (SSSR count). The molecule has 0 bridgehead atoms. The fourth-order valence-corrected chi connectivity index (χ4v) is 1.21. The van der Waals surface area contributed by atoms with Gasteiger partial charge in [0.1, 0.15) is 5.82 Å². The van der Waals surface area contributed by atoms with Crippen molar-refractivity contribution < 1.29 is 23.0 Å². The Hall–Kier alpha value is -1.57. The predicted octanol–water partition coefficient (Wildman–Crippen LogP) is 1.62. The summed E-state index contributed by atoms with van der Waals surface area (Å²) in [4.78, 5) is 6.33. The van der Waals surface area contributed by atoms with E-state index in [9.17, 15) is 13.2 Å². The molecular formula is C10H14F3N3O2. The number of alkyl halides is 3. The standard InChI is InChI=1S/C10H14F3N3O2/c11-10(12,13)9-15-7(14)6-8(16-9)18-5-3-1-2-4-17/h6,17H,1-5H2,(H2,14,15,16). The molecule has 0 saturated heterocycles. The summed E-state index contributed by atoms with van der Waals surface area (Å²) in [7, 11) is 0. The first-order valence-corrected chi connectivity index (χ1v) is 5.39. The van der Waals surface area contributed by atoms with Crippen molar-refractivity contribution in [2.24, 2.45) is 0 Å². The van der Waals surface area contributed by atoms with Gasteiger partial charge in [-0.2, -0.15) is 18.2 Å². The first kappa shape index (κ1) is 14.5. The second-order valence-electron chi connectivity index (χ2n) is 3.59. The molecule has 18 heavy (non-hydrogen) atoms. The van der Waals surface area contributed by atoms with Crippen molar-refractivity contribution in [1.82, 2.24) is 9.97 Å². The molecule has 0 radical (unpaired) electrons. The lowest BCUT2D eigenvalue weighted by molar-refractivity contribution is -0.145. The number of rotatable bonds is 6. The molecule has 0 fully saturated rings. The van der Waals surface area contributed by atoms with Crippen LogP contribution in [-0.4, -0.2) is 28.3 Å². The summed E-state index contributed by atoms with van der Waals surface area (Å²) in [6.07, 6.45) is -2.68. The lowest BCUT2D eigenvalue weighted by atomic mass is 10.2. The van der Waals surface area contributed by atoms with Gasteiger partial charge in [0.05, 0.1) is 6.61 Å². The van der Waals surface area contributed by atoms with E-state index in [0.717, 1.165) is 12.5 Å². The Bertz CT molecular complexity index is 385. The minimum atomic E-state index is -4.65. The van der Waals surface area contributed by atoms with Gasteiger partial charge in [0.2, 0.25) is 11.7 Å². The number of hydrogen-bond donors (Lipinski definition) is 2. The molecule has 0 aliphatic heterocycles. The van der Waals surface area contributed by atoms with E-state index in [1.54, 1.807) is 0 Å². The molecule has 1 aromatic heterocycles. The Morgan fingerprint density at radius 1 is 1.22 bits per heavy atom. The van der Waals surface area contributed by atoms with Crippen molar-refractivity contribution in [3.63, 3.8) is 0 Å². The third kappa shape index (κ3) is 4.74. The zero-order chi connectivity index (χ0) is 13.6. The van der Waals surface area contributed by atoms with Crippen LogP contribution in [0.2, 0.25) is 0 Å². The van der Waals surface area contributed by atoms with Crippen LogP contribution >= 0.6 is 0 Å². The molecule has 0 unspecified atom stereocenters. The monoisotopic (exact) mass is 265 g/mol. The number of ether oxygens (including phenoxy) is 1. The van der Waals surface area contributed by atoms with Gasteiger partial charge >= 0.3 is 6.18 Å². The number of hydrogen-bond acceptors (Lipinski definition) is 5. The van der Waals surface area contributed by atoms with Crippen LogP contribution < -0.4 is 10.5 Å². The molecule has 8 heteroatoms. The molecule has 0 aliphatic rings. The summed E-state index contributed by atoms with van der Waals surface area (Å²) in [6.45, 7) is 0.298. The molecule has 0 aliphatic carbocycles. The number of nitrogens with two attached hydrogens (primary N) is 1. The number of unbranched alkanes of at least 4 members (excludes halogenated alkanes) is 2. The first-order chi connectivity index (χ1) is 8.43. The van der Waals surface area contributed by atoms with E-state index in [4.69, 9.17) is 15.6 Å². The SMILES string of the molecule is Nc1cc(OCCCCCO)nc(C(F)(F)F)n1. The van der Waals surface area contributed by atoms with Gasteiger partial charge in [-0.3, -0.25) is 0 Å². The molecule has 0 spiro atoms. The normalized spacial score (nSPS) is 11.6. The van der Waals surface area contributed by atoms with E-state index in [0.29, 0.717) is 12.8 Å². The quantitative estimate of drug-likeness (QED) is 0.764. The second kappa shape index (κ2) is 6.39. The smallest absolute Gasteiger partial charge is 0.451 e. The van der Waals surface area contributed by atoms with Gasteiger partial charge < -0.3 is 15.6 Å². The van der Waals surface area contributed by atoms with E-state index in [-0.39, 0.29) is 24.9 Å².